The van der Waals surface area contributed by atoms with Gasteiger partial charge in [-0.15, -0.1) is 0 Å². The highest BCUT2D eigenvalue weighted by Gasteiger charge is 2.44. The van der Waals surface area contributed by atoms with Crippen molar-refractivity contribution in [2.24, 2.45) is 11.8 Å². The predicted molar refractivity (Wildman–Crippen MR) is 73.2 cm³/mol. The third-order valence-electron chi connectivity index (χ3n) is 4.42. The quantitative estimate of drug-likeness (QED) is 0.384. The zero-order chi connectivity index (χ0) is 13.0. The van der Waals surface area contributed by atoms with Crippen molar-refractivity contribution >= 4 is 5.97 Å². The predicted octanol–water partition coefficient (Wildman–Crippen LogP) is 4.24. The van der Waals surface area contributed by atoms with Crippen LogP contribution in [0.15, 0.2) is 12.2 Å². The molecule has 0 saturated heterocycles. The number of allylic oxidation sites excluding steroid dienone is 1. The van der Waals surface area contributed by atoms with E-state index in [1.165, 1.54) is 25.7 Å². The van der Waals surface area contributed by atoms with Crippen molar-refractivity contribution in [1.29, 1.82) is 0 Å². The lowest BCUT2D eigenvalue weighted by Gasteiger charge is -2.26. The molecular formula is C16H26O2. The number of ether oxygens (including phenoxy) is 1. The second kappa shape index (κ2) is 5.90. The van der Waals surface area contributed by atoms with E-state index in [0.717, 1.165) is 25.7 Å². The van der Waals surface area contributed by atoms with Crippen LogP contribution in [-0.4, -0.2) is 11.6 Å². The van der Waals surface area contributed by atoms with Crippen LogP contribution in [0.4, 0.5) is 0 Å². The van der Waals surface area contributed by atoms with Gasteiger partial charge >= 0.3 is 5.97 Å². The molecule has 0 heterocycles. The van der Waals surface area contributed by atoms with Crippen LogP contribution < -0.4 is 0 Å². The number of hydrogen-bond donors (Lipinski definition) is 0. The number of esters is 1. The van der Waals surface area contributed by atoms with Crippen molar-refractivity contribution in [3.63, 3.8) is 0 Å². The molecule has 0 aliphatic heterocycles. The van der Waals surface area contributed by atoms with E-state index in [1.54, 1.807) is 0 Å². The number of carbonyl (C=O) groups is 1. The van der Waals surface area contributed by atoms with Crippen LogP contribution in [-0.2, 0) is 9.53 Å². The Bertz CT molecular complexity index is 321. The molecule has 0 aromatic rings. The van der Waals surface area contributed by atoms with E-state index in [4.69, 9.17) is 4.74 Å². The van der Waals surface area contributed by atoms with Gasteiger partial charge in [0.15, 0.2) is 0 Å². The fourth-order valence-electron chi connectivity index (χ4n) is 3.13. The summed E-state index contributed by atoms with van der Waals surface area (Å²) in [6, 6.07) is 0. The Morgan fingerprint density at radius 1 is 1.44 bits per heavy atom. The summed E-state index contributed by atoms with van der Waals surface area (Å²) in [5.74, 6) is 0.737. The Kier molecular flexibility index (Phi) is 4.47. The van der Waals surface area contributed by atoms with Crippen LogP contribution >= 0.6 is 0 Å². The number of fused-ring (bicyclic) bond motifs is 2. The normalized spacial score (nSPS) is 30.7. The molecule has 102 valence electrons. The summed E-state index contributed by atoms with van der Waals surface area (Å²) in [6.45, 7) is 4.22. The highest BCUT2D eigenvalue weighted by atomic mass is 16.6. The minimum absolute atomic E-state index is 0.0127. The molecule has 2 nitrogen and oxygen atoms in total. The minimum Gasteiger partial charge on any atom is -0.455 e. The Hall–Kier alpha value is -0.790. The van der Waals surface area contributed by atoms with Gasteiger partial charge < -0.3 is 4.74 Å². The van der Waals surface area contributed by atoms with E-state index in [9.17, 15) is 4.79 Å². The van der Waals surface area contributed by atoms with Crippen molar-refractivity contribution < 1.29 is 9.53 Å². The second-order valence-corrected chi connectivity index (χ2v) is 6.10. The SMILES string of the molecule is CCCCCCC(C)C(=O)OC12C=CC(CC1)C2. The highest BCUT2D eigenvalue weighted by molar-refractivity contribution is 5.72. The molecule has 0 amide bonds. The largest absolute Gasteiger partial charge is 0.455 e. The Morgan fingerprint density at radius 3 is 2.83 bits per heavy atom. The van der Waals surface area contributed by atoms with Crippen molar-refractivity contribution in [1.82, 2.24) is 0 Å². The smallest absolute Gasteiger partial charge is 0.309 e. The summed E-state index contributed by atoms with van der Waals surface area (Å²) in [6.07, 6.45) is 13.5. The van der Waals surface area contributed by atoms with E-state index in [1.807, 2.05) is 6.92 Å². The molecule has 1 fully saturated rings. The van der Waals surface area contributed by atoms with Gasteiger partial charge in [0.2, 0.25) is 0 Å². The molecule has 0 N–H and O–H groups in total. The van der Waals surface area contributed by atoms with Gasteiger partial charge in [0, 0.05) is 0 Å². The van der Waals surface area contributed by atoms with Crippen LogP contribution in [0.3, 0.4) is 0 Å². The average Bonchev–Trinajstić information content (AvgIpc) is 2.94. The fourth-order valence-corrected chi connectivity index (χ4v) is 3.13. The van der Waals surface area contributed by atoms with Crippen molar-refractivity contribution in [2.45, 2.75) is 70.8 Å². The molecule has 2 rings (SSSR count). The molecule has 2 bridgehead atoms. The maximum Gasteiger partial charge on any atom is 0.309 e. The van der Waals surface area contributed by atoms with Gasteiger partial charge in [-0.05, 0) is 37.7 Å². The lowest BCUT2D eigenvalue weighted by atomic mass is 10.0. The Morgan fingerprint density at radius 2 is 2.28 bits per heavy atom. The van der Waals surface area contributed by atoms with Crippen molar-refractivity contribution in [3.05, 3.63) is 12.2 Å². The molecule has 1 saturated carbocycles. The van der Waals surface area contributed by atoms with Crippen molar-refractivity contribution in [2.75, 3.05) is 0 Å². The molecule has 2 aliphatic rings. The lowest BCUT2D eigenvalue weighted by Crippen LogP contribution is -2.31. The highest BCUT2D eigenvalue weighted by Crippen LogP contribution is 2.45. The summed E-state index contributed by atoms with van der Waals surface area (Å²) in [7, 11) is 0. The summed E-state index contributed by atoms with van der Waals surface area (Å²) in [5, 5.41) is 0. The minimum atomic E-state index is -0.223. The van der Waals surface area contributed by atoms with Crippen LogP contribution in [0.5, 0.6) is 0 Å². The number of hydrogen-bond acceptors (Lipinski definition) is 2. The van der Waals surface area contributed by atoms with E-state index in [2.05, 4.69) is 19.1 Å². The van der Waals surface area contributed by atoms with Crippen LogP contribution in [0.25, 0.3) is 0 Å². The molecule has 0 aromatic heterocycles. The summed E-state index contributed by atoms with van der Waals surface area (Å²) < 4.78 is 5.78. The lowest BCUT2D eigenvalue weighted by molar-refractivity contribution is -0.159. The molecule has 18 heavy (non-hydrogen) atoms. The maximum atomic E-state index is 12.1. The number of unbranched alkanes of at least 4 members (excludes halogenated alkanes) is 3. The summed E-state index contributed by atoms with van der Waals surface area (Å²) in [5.41, 5.74) is -0.223. The van der Waals surface area contributed by atoms with E-state index in [0.29, 0.717) is 5.92 Å². The van der Waals surface area contributed by atoms with E-state index in [-0.39, 0.29) is 17.5 Å². The van der Waals surface area contributed by atoms with Gasteiger partial charge in [0.1, 0.15) is 5.60 Å². The molecule has 0 aromatic carbocycles. The molecule has 0 spiro atoms. The van der Waals surface area contributed by atoms with Gasteiger partial charge in [-0.25, -0.2) is 0 Å². The zero-order valence-electron chi connectivity index (χ0n) is 11.8. The monoisotopic (exact) mass is 250 g/mol. The first-order valence-electron chi connectivity index (χ1n) is 7.57. The molecule has 0 radical (unpaired) electrons. The van der Waals surface area contributed by atoms with E-state index < -0.39 is 0 Å². The fraction of sp³-hybridized carbons (Fsp3) is 0.812. The summed E-state index contributed by atoms with van der Waals surface area (Å²) >= 11 is 0. The summed E-state index contributed by atoms with van der Waals surface area (Å²) in [4.78, 5) is 12.1. The maximum absolute atomic E-state index is 12.1. The van der Waals surface area contributed by atoms with Gasteiger partial charge in [0.05, 0.1) is 5.92 Å². The first-order valence-corrected chi connectivity index (χ1v) is 7.57. The van der Waals surface area contributed by atoms with Gasteiger partial charge in [-0.2, -0.15) is 0 Å². The van der Waals surface area contributed by atoms with Crippen LogP contribution in [0.2, 0.25) is 0 Å². The third-order valence-corrected chi connectivity index (χ3v) is 4.42. The van der Waals surface area contributed by atoms with Crippen LogP contribution in [0.1, 0.15) is 65.2 Å². The molecule has 2 heteroatoms. The Labute approximate surface area is 111 Å². The molecule has 3 atom stereocenters. The first kappa shape index (κ1) is 13.6. The van der Waals surface area contributed by atoms with Gasteiger partial charge in [-0.3, -0.25) is 4.79 Å². The Balaban J connectivity index is 1.72. The van der Waals surface area contributed by atoms with Crippen molar-refractivity contribution in [3.8, 4) is 0 Å². The second-order valence-electron chi connectivity index (χ2n) is 6.10. The first-order chi connectivity index (χ1) is 8.65. The van der Waals surface area contributed by atoms with E-state index >= 15 is 0 Å². The average molecular weight is 250 g/mol. The number of carbonyl (C=O) groups excluding carboxylic acids is 1. The van der Waals surface area contributed by atoms with Crippen LogP contribution in [0, 0.1) is 11.8 Å². The number of rotatable bonds is 7. The third kappa shape index (κ3) is 3.15. The van der Waals surface area contributed by atoms with Gasteiger partial charge in [-0.1, -0.05) is 45.6 Å². The topological polar surface area (TPSA) is 26.3 Å². The molecular weight excluding hydrogens is 224 g/mol. The molecule has 3 unspecified atom stereocenters. The standard InChI is InChI=1S/C16H26O2/c1-3-4-5-6-7-13(2)15(17)18-16-10-8-14(12-16)9-11-16/h8,10,13-14H,3-7,9,11-12H2,1-2H3. The zero-order valence-corrected chi connectivity index (χ0v) is 11.8. The van der Waals surface area contributed by atoms with Gasteiger partial charge in [0.25, 0.3) is 0 Å². The molecule has 2 aliphatic carbocycles.